The largest absolute Gasteiger partial charge is 0.480 e. The number of esters is 1. The molecule has 0 radical (unpaired) electrons. The molecule has 2 aliphatic rings. The number of benzene rings is 1. The number of urea groups is 1. The van der Waals surface area contributed by atoms with E-state index in [4.69, 9.17) is 4.74 Å². The van der Waals surface area contributed by atoms with Crippen LogP contribution in [0.1, 0.15) is 38.7 Å². The Morgan fingerprint density at radius 1 is 1.20 bits per heavy atom. The van der Waals surface area contributed by atoms with Gasteiger partial charge in [-0.2, -0.15) is 0 Å². The first kappa shape index (κ1) is 26.5. The third-order valence-electron chi connectivity index (χ3n) is 6.94. The normalized spacial score (nSPS) is 23.2. The Bertz CT molecular complexity index is 910. The Morgan fingerprint density at radius 2 is 1.91 bits per heavy atom. The van der Waals surface area contributed by atoms with Crippen LogP contribution in [0.25, 0.3) is 0 Å². The number of piperidine rings is 1. The molecule has 35 heavy (non-hydrogen) atoms. The molecule has 1 aromatic rings. The summed E-state index contributed by atoms with van der Waals surface area (Å²) >= 11 is 0. The summed E-state index contributed by atoms with van der Waals surface area (Å²) in [5, 5.41) is 15.5. The number of hydrogen-bond donors (Lipinski definition) is 3. The Morgan fingerprint density at radius 3 is 2.54 bits per heavy atom. The molecule has 192 valence electrons. The lowest BCUT2D eigenvalue weighted by molar-refractivity contribution is -0.152. The Kier molecular flexibility index (Phi) is 9.08. The molecule has 10 nitrogen and oxygen atoms in total. The summed E-state index contributed by atoms with van der Waals surface area (Å²) in [5.74, 6) is -1.89. The fraction of sp³-hybridized carbons (Fsp3) is 0.600. The van der Waals surface area contributed by atoms with Crippen molar-refractivity contribution in [3.8, 4) is 0 Å². The number of likely N-dealkylation sites (tertiary alicyclic amines) is 2. The lowest BCUT2D eigenvalue weighted by atomic mass is 9.91. The number of hydrogen-bond acceptors (Lipinski definition) is 6. The number of ether oxygens (including phenoxy) is 1. The highest BCUT2D eigenvalue weighted by Crippen LogP contribution is 2.36. The molecule has 5 atom stereocenters. The molecular weight excluding hydrogens is 452 g/mol. The fourth-order valence-corrected chi connectivity index (χ4v) is 5.15. The van der Waals surface area contributed by atoms with Crippen molar-refractivity contribution in [3.63, 3.8) is 0 Å². The van der Waals surface area contributed by atoms with E-state index < -0.39 is 36.0 Å². The van der Waals surface area contributed by atoms with Crippen molar-refractivity contribution in [2.45, 2.75) is 63.7 Å². The van der Waals surface area contributed by atoms with Gasteiger partial charge in [-0.1, -0.05) is 30.3 Å². The minimum Gasteiger partial charge on any atom is -0.480 e. The van der Waals surface area contributed by atoms with E-state index in [1.807, 2.05) is 30.3 Å². The number of carbonyl (C=O) groups excluding carboxylic acids is 3. The van der Waals surface area contributed by atoms with E-state index >= 15 is 0 Å². The Hall–Kier alpha value is -3.14. The molecule has 10 heteroatoms. The van der Waals surface area contributed by atoms with Crippen LogP contribution in [-0.4, -0.2) is 89.7 Å². The minimum atomic E-state index is -1.06. The van der Waals surface area contributed by atoms with Gasteiger partial charge >= 0.3 is 18.0 Å². The van der Waals surface area contributed by atoms with Gasteiger partial charge in [0.25, 0.3) is 0 Å². The van der Waals surface area contributed by atoms with Crippen molar-refractivity contribution >= 4 is 23.9 Å². The van der Waals surface area contributed by atoms with Gasteiger partial charge in [0.2, 0.25) is 5.91 Å². The zero-order chi connectivity index (χ0) is 25.5. The highest BCUT2D eigenvalue weighted by atomic mass is 16.5. The first-order chi connectivity index (χ1) is 16.8. The van der Waals surface area contributed by atoms with Crippen LogP contribution in [0.15, 0.2) is 30.3 Å². The van der Waals surface area contributed by atoms with Crippen LogP contribution in [0.3, 0.4) is 0 Å². The topological polar surface area (TPSA) is 128 Å². The van der Waals surface area contributed by atoms with E-state index in [-0.39, 0.29) is 31.1 Å². The minimum absolute atomic E-state index is 0.00657. The van der Waals surface area contributed by atoms with Crippen LogP contribution in [0.2, 0.25) is 0 Å². The number of rotatable bonds is 9. The van der Waals surface area contributed by atoms with Gasteiger partial charge in [0.1, 0.15) is 12.1 Å². The molecule has 0 aromatic heterocycles. The molecule has 0 bridgehead atoms. The number of carbonyl (C=O) groups is 4. The van der Waals surface area contributed by atoms with Gasteiger partial charge in [-0.25, -0.2) is 9.59 Å². The maximum absolute atomic E-state index is 13.6. The van der Waals surface area contributed by atoms with Gasteiger partial charge in [-0.05, 0) is 51.0 Å². The predicted octanol–water partition coefficient (Wildman–Crippen LogP) is 1.24. The Balaban J connectivity index is 1.74. The van der Waals surface area contributed by atoms with E-state index in [1.165, 1.54) is 4.90 Å². The van der Waals surface area contributed by atoms with E-state index in [9.17, 15) is 24.3 Å². The molecule has 3 rings (SSSR count). The van der Waals surface area contributed by atoms with E-state index in [1.54, 1.807) is 25.8 Å². The zero-order valence-electron chi connectivity index (χ0n) is 20.6. The summed E-state index contributed by atoms with van der Waals surface area (Å²) in [7, 11) is 1.54. The smallest absolute Gasteiger partial charge is 0.326 e. The maximum atomic E-state index is 13.6. The van der Waals surface area contributed by atoms with Gasteiger partial charge in [0.15, 0.2) is 0 Å². The SMILES string of the molecule is CCOC(=O)[C@@H](CCc1ccccc1)N[C@@H](C)C(=O)N1[C@H](C(=O)O)C[C@H]2CCN(C(=O)NC)C[C@@H]21. The van der Waals surface area contributed by atoms with Crippen LogP contribution in [0.4, 0.5) is 4.79 Å². The summed E-state index contributed by atoms with van der Waals surface area (Å²) in [5.41, 5.74) is 1.06. The van der Waals surface area contributed by atoms with Gasteiger partial charge in [0.05, 0.1) is 18.7 Å². The van der Waals surface area contributed by atoms with Crippen molar-refractivity contribution in [1.29, 1.82) is 0 Å². The lowest BCUT2D eigenvalue weighted by Gasteiger charge is -2.39. The number of amides is 3. The molecule has 3 N–H and O–H groups in total. The quantitative estimate of drug-likeness (QED) is 0.446. The van der Waals surface area contributed by atoms with Crippen LogP contribution >= 0.6 is 0 Å². The third-order valence-corrected chi connectivity index (χ3v) is 6.94. The van der Waals surface area contributed by atoms with Gasteiger partial charge in [-0.15, -0.1) is 0 Å². The van der Waals surface area contributed by atoms with Crippen molar-refractivity contribution < 1.29 is 29.0 Å². The first-order valence-corrected chi connectivity index (χ1v) is 12.2. The van der Waals surface area contributed by atoms with Crippen molar-refractivity contribution in [1.82, 2.24) is 20.4 Å². The van der Waals surface area contributed by atoms with Crippen LogP contribution in [-0.2, 0) is 25.5 Å². The summed E-state index contributed by atoms with van der Waals surface area (Å²) < 4.78 is 5.23. The highest BCUT2D eigenvalue weighted by Gasteiger charge is 2.50. The Labute approximate surface area is 206 Å². The highest BCUT2D eigenvalue weighted by molar-refractivity contribution is 5.88. The molecule has 0 unspecified atom stereocenters. The molecule has 1 aromatic carbocycles. The summed E-state index contributed by atoms with van der Waals surface area (Å²) in [6.45, 7) is 4.39. The average Bonchev–Trinajstić information content (AvgIpc) is 3.25. The molecule has 2 saturated heterocycles. The molecule has 2 heterocycles. The van der Waals surface area contributed by atoms with E-state index in [0.717, 1.165) is 5.56 Å². The lowest BCUT2D eigenvalue weighted by Crippen LogP contribution is -2.59. The van der Waals surface area contributed by atoms with Crippen LogP contribution in [0, 0.1) is 5.92 Å². The molecule has 0 saturated carbocycles. The number of aryl methyl sites for hydroxylation is 1. The molecule has 2 aliphatic heterocycles. The second kappa shape index (κ2) is 12.0. The summed E-state index contributed by atoms with van der Waals surface area (Å²) in [6, 6.07) is 6.60. The first-order valence-electron chi connectivity index (χ1n) is 12.2. The number of nitrogens with one attached hydrogen (secondary N) is 2. The average molecular weight is 489 g/mol. The second-order valence-corrected chi connectivity index (χ2v) is 9.17. The summed E-state index contributed by atoms with van der Waals surface area (Å²) in [4.78, 5) is 53.5. The van der Waals surface area contributed by atoms with E-state index in [2.05, 4.69) is 10.6 Å². The number of carboxylic acids is 1. The monoisotopic (exact) mass is 488 g/mol. The number of aliphatic carboxylic acids is 1. The molecule has 0 spiro atoms. The second-order valence-electron chi connectivity index (χ2n) is 9.17. The van der Waals surface area contributed by atoms with Crippen molar-refractivity contribution in [2.75, 3.05) is 26.7 Å². The van der Waals surface area contributed by atoms with Crippen molar-refractivity contribution in [2.24, 2.45) is 5.92 Å². The third kappa shape index (κ3) is 6.30. The van der Waals surface area contributed by atoms with Crippen LogP contribution in [0.5, 0.6) is 0 Å². The van der Waals surface area contributed by atoms with E-state index in [0.29, 0.717) is 32.2 Å². The van der Waals surface area contributed by atoms with Crippen molar-refractivity contribution in [3.05, 3.63) is 35.9 Å². The number of fused-ring (bicyclic) bond motifs is 1. The predicted molar refractivity (Wildman–Crippen MR) is 129 cm³/mol. The fourth-order valence-electron chi connectivity index (χ4n) is 5.15. The van der Waals surface area contributed by atoms with Gasteiger partial charge < -0.3 is 25.0 Å². The molecule has 2 fully saturated rings. The maximum Gasteiger partial charge on any atom is 0.326 e. The molecule has 0 aliphatic carbocycles. The zero-order valence-corrected chi connectivity index (χ0v) is 20.6. The molecule has 3 amide bonds. The molecular formula is C25H36N4O6. The van der Waals surface area contributed by atoms with Gasteiger partial charge in [-0.3, -0.25) is 14.9 Å². The number of nitrogens with zero attached hydrogens (tertiary/aromatic N) is 2. The number of carboxylic acid groups (broad SMARTS) is 1. The van der Waals surface area contributed by atoms with Gasteiger partial charge in [0, 0.05) is 20.1 Å². The summed E-state index contributed by atoms with van der Waals surface area (Å²) in [6.07, 6.45) is 2.04. The standard InChI is InChI=1S/C25H36N4O6/c1-4-35-24(33)19(11-10-17-8-6-5-7-9-17)27-16(2)22(30)29-20(23(31)32)14-18-12-13-28(15-21(18)29)25(34)26-3/h5-9,16,18-21,27H,4,10-15H2,1-3H3,(H,26,34)(H,31,32)/t16-,18+,19+,20-,21-/m0/s1. The van der Waals surface area contributed by atoms with Crippen LogP contribution < -0.4 is 10.6 Å².